The molecule has 2 fully saturated rings. The highest BCUT2D eigenvalue weighted by Crippen LogP contribution is 2.26. The first-order chi connectivity index (χ1) is 6.63. The average molecular weight is 218 g/mol. The molecule has 0 aromatic heterocycles. The fourth-order valence-electron chi connectivity index (χ4n) is 2.44. The quantitative estimate of drug-likeness (QED) is 0.711. The maximum Gasteiger partial charge on any atom is 0.213 e. The van der Waals surface area contributed by atoms with Crippen molar-refractivity contribution in [3.05, 3.63) is 0 Å². The maximum atomic E-state index is 11.6. The summed E-state index contributed by atoms with van der Waals surface area (Å²) in [5.74, 6) is 0.933. The third kappa shape index (κ3) is 1.81. The lowest BCUT2D eigenvalue weighted by Crippen LogP contribution is -2.49. The van der Waals surface area contributed by atoms with Gasteiger partial charge in [0.25, 0.3) is 0 Å². The fourth-order valence-corrected chi connectivity index (χ4v) is 3.57. The molecule has 0 aromatic carbocycles. The number of rotatable bonds is 2. The Morgan fingerprint density at radius 3 is 2.93 bits per heavy atom. The van der Waals surface area contributed by atoms with Crippen LogP contribution in [0.4, 0.5) is 0 Å². The van der Waals surface area contributed by atoms with Crippen molar-refractivity contribution in [2.45, 2.75) is 25.8 Å². The van der Waals surface area contributed by atoms with Gasteiger partial charge in [-0.05, 0) is 32.2 Å². The van der Waals surface area contributed by atoms with Gasteiger partial charge in [0, 0.05) is 19.1 Å². The van der Waals surface area contributed by atoms with E-state index in [9.17, 15) is 8.42 Å². The minimum absolute atomic E-state index is 0.227. The molecular weight excluding hydrogens is 200 g/mol. The third-order valence-corrected chi connectivity index (χ3v) is 5.25. The number of piperidine rings is 1. The van der Waals surface area contributed by atoms with Crippen LogP contribution in [0.1, 0.15) is 19.8 Å². The lowest BCUT2D eigenvalue weighted by molar-refractivity contribution is 0.249. The number of nitrogens with zero attached hydrogens (tertiary/aromatic N) is 1. The van der Waals surface area contributed by atoms with Crippen molar-refractivity contribution in [2.75, 3.05) is 25.4 Å². The van der Waals surface area contributed by atoms with E-state index in [2.05, 4.69) is 5.32 Å². The Balaban J connectivity index is 2.04. The van der Waals surface area contributed by atoms with Crippen molar-refractivity contribution in [3.63, 3.8) is 0 Å². The van der Waals surface area contributed by atoms with Crippen molar-refractivity contribution in [2.24, 2.45) is 5.92 Å². The highest BCUT2D eigenvalue weighted by molar-refractivity contribution is 7.89. The molecule has 1 N–H and O–H groups in total. The second-order valence-electron chi connectivity index (χ2n) is 4.16. The molecule has 0 aliphatic carbocycles. The molecule has 0 spiro atoms. The van der Waals surface area contributed by atoms with Crippen molar-refractivity contribution in [3.8, 4) is 0 Å². The van der Waals surface area contributed by atoms with Crippen LogP contribution in [0.5, 0.6) is 0 Å². The largest absolute Gasteiger partial charge is 0.312 e. The van der Waals surface area contributed by atoms with Crippen LogP contribution in [-0.2, 0) is 10.0 Å². The summed E-state index contributed by atoms with van der Waals surface area (Å²) in [7, 11) is -2.97. The monoisotopic (exact) mass is 218 g/mol. The number of hydrogen-bond acceptors (Lipinski definition) is 3. The van der Waals surface area contributed by atoms with E-state index in [0.717, 1.165) is 19.5 Å². The minimum atomic E-state index is -2.97. The van der Waals surface area contributed by atoms with Gasteiger partial charge in [-0.3, -0.25) is 0 Å². The van der Waals surface area contributed by atoms with Crippen molar-refractivity contribution in [1.82, 2.24) is 9.62 Å². The molecule has 2 heterocycles. The highest BCUT2D eigenvalue weighted by Gasteiger charge is 2.36. The number of sulfonamides is 1. The highest BCUT2D eigenvalue weighted by atomic mass is 32.2. The Labute approximate surface area is 85.7 Å². The molecule has 5 heteroatoms. The summed E-state index contributed by atoms with van der Waals surface area (Å²) in [5, 5.41) is 3.38. The molecule has 0 aromatic rings. The van der Waals surface area contributed by atoms with E-state index in [0.29, 0.717) is 18.5 Å². The molecule has 2 saturated heterocycles. The van der Waals surface area contributed by atoms with Gasteiger partial charge in [0.1, 0.15) is 0 Å². The number of hydrogen-bond donors (Lipinski definition) is 1. The summed E-state index contributed by atoms with van der Waals surface area (Å²) in [4.78, 5) is 0. The number of fused-ring (bicyclic) bond motifs is 1. The van der Waals surface area contributed by atoms with Crippen LogP contribution in [-0.4, -0.2) is 44.2 Å². The predicted octanol–water partition coefficient (Wildman–Crippen LogP) is 0.0199. The first kappa shape index (κ1) is 10.4. The molecule has 0 amide bonds. The van der Waals surface area contributed by atoms with Crippen LogP contribution in [0.25, 0.3) is 0 Å². The van der Waals surface area contributed by atoms with Gasteiger partial charge in [0.05, 0.1) is 5.75 Å². The van der Waals surface area contributed by atoms with Gasteiger partial charge in [-0.1, -0.05) is 0 Å². The zero-order valence-corrected chi connectivity index (χ0v) is 9.39. The lowest BCUT2D eigenvalue weighted by atomic mass is 9.94. The summed E-state index contributed by atoms with van der Waals surface area (Å²) in [6, 6.07) is 0.407. The SMILES string of the molecule is CCS(=O)(=O)N1CC[C@H]2CCN[C@H]2C1. The van der Waals surface area contributed by atoms with E-state index < -0.39 is 10.0 Å². The Kier molecular flexibility index (Phi) is 2.81. The van der Waals surface area contributed by atoms with E-state index >= 15 is 0 Å². The summed E-state index contributed by atoms with van der Waals surface area (Å²) < 4.78 is 24.9. The van der Waals surface area contributed by atoms with Crippen molar-refractivity contribution >= 4 is 10.0 Å². The van der Waals surface area contributed by atoms with Crippen LogP contribution in [0.2, 0.25) is 0 Å². The fraction of sp³-hybridized carbons (Fsp3) is 1.00. The van der Waals surface area contributed by atoms with E-state index in [-0.39, 0.29) is 5.75 Å². The molecule has 0 unspecified atom stereocenters. The van der Waals surface area contributed by atoms with Gasteiger partial charge in [-0.2, -0.15) is 0 Å². The Bertz CT molecular complexity index is 302. The molecular formula is C9H18N2O2S. The molecule has 0 bridgehead atoms. The molecule has 0 radical (unpaired) electrons. The lowest BCUT2D eigenvalue weighted by Gasteiger charge is -2.33. The zero-order valence-electron chi connectivity index (χ0n) is 8.57. The van der Waals surface area contributed by atoms with Gasteiger partial charge in [-0.25, -0.2) is 12.7 Å². The second-order valence-corrected chi connectivity index (χ2v) is 6.41. The van der Waals surface area contributed by atoms with E-state index in [1.165, 1.54) is 6.42 Å². The summed E-state index contributed by atoms with van der Waals surface area (Å²) in [6.07, 6.45) is 2.24. The maximum absolute atomic E-state index is 11.6. The Morgan fingerprint density at radius 1 is 1.43 bits per heavy atom. The normalized spacial score (nSPS) is 34.4. The van der Waals surface area contributed by atoms with Crippen molar-refractivity contribution in [1.29, 1.82) is 0 Å². The van der Waals surface area contributed by atoms with Crippen LogP contribution in [0.3, 0.4) is 0 Å². The average Bonchev–Trinajstić information content (AvgIpc) is 2.64. The molecule has 0 saturated carbocycles. The van der Waals surface area contributed by atoms with Crippen molar-refractivity contribution < 1.29 is 8.42 Å². The smallest absolute Gasteiger partial charge is 0.213 e. The summed E-state index contributed by atoms with van der Waals surface area (Å²) in [5.41, 5.74) is 0. The standard InChI is InChI=1S/C9H18N2O2S/c1-2-14(12,13)11-6-4-8-3-5-10-9(8)7-11/h8-10H,2-7H2,1H3/t8-,9+/m1/s1. The molecule has 2 atom stereocenters. The molecule has 2 aliphatic heterocycles. The van der Waals surface area contributed by atoms with Gasteiger partial charge in [-0.15, -0.1) is 0 Å². The van der Waals surface area contributed by atoms with Crippen LogP contribution >= 0.6 is 0 Å². The van der Waals surface area contributed by atoms with Crippen LogP contribution < -0.4 is 5.32 Å². The third-order valence-electron chi connectivity index (χ3n) is 3.40. The van der Waals surface area contributed by atoms with Crippen LogP contribution in [0, 0.1) is 5.92 Å². The summed E-state index contributed by atoms with van der Waals surface area (Å²) >= 11 is 0. The predicted molar refractivity (Wildman–Crippen MR) is 55.5 cm³/mol. The van der Waals surface area contributed by atoms with E-state index in [1.54, 1.807) is 11.2 Å². The molecule has 4 nitrogen and oxygen atoms in total. The number of nitrogens with one attached hydrogen (secondary N) is 1. The van der Waals surface area contributed by atoms with Crippen LogP contribution in [0.15, 0.2) is 0 Å². The minimum Gasteiger partial charge on any atom is -0.312 e. The first-order valence-corrected chi connectivity index (χ1v) is 6.95. The molecule has 82 valence electrons. The van der Waals surface area contributed by atoms with Gasteiger partial charge in [0.2, 0.25) is 10.0 Å². The molecule has 2 rings (SSSR count). The zero-order chi connectivity index (χ0) is 10.2. The van der Waals surface area contributed by atoms with E-state index in [1.807, 2.05) is 0 Å². The van der Waals surface area contributed by atoms with Gasteiger partial charge >= 0.3 is 0 Å². The first-order valence-electron chi connectivity index (χ1n) is 5.34. The molecule has 14 heavy (non-hydrogen) atoms. The second kappa shape index (κ2) is 3.79. The van der Waals surface area contributed by atoms with Gasteiger partial charge in [0.15, 0.2) is 0 Å². The van der Waals surface area contributed by atoms with E-state index in [4.69, 9.17) is 0 Å². The topological polar surface area (TPSA) is 49.4 Å². The molecule has 2 aliphatic rings. The Hall–Kier alpha value is -0.130. The summed E-state index contributed by atoms with van der Waals surface area (Å²) in [6.45, 7) is 4.17. The van der Waals surface area contributed by atoms with Gasteiger partial charge < -0.3 is 5.32 Å². The Morgan fingerprint density at radius 2 is 2.21 bits per heavy atom.